The van der Waals surface area contributed by atoms with Crippen molar-refractivity contribution in [2.24, 2.45) is 7.05 Å². The maximum atomic E-state index is 13.0. The van der Waals surface area contributed by atoms with Gasteiger partial charge in [-0.15, -0.1) is 0 Å². The molecule has 2 N–H and O–H groups in total. The molecular weight excluding hydrogens is 406 g/mol. The minimum atomic E-state index is -4.04. The van der Waals surface area contributed by atoms with Gasteiger partial charge in [-0.1, -0.05) is 37.3 Å². The Bertz CT molecular complexity index is 1200. The molecule has 30 heavy (non-hydrogen) atoms. The van der Waals surface area contributed by atoms with E-state index in [1.165, 1.54) is 29.8 Å². The number of aromatic nitrogens is 1. The van der Waals surface area contributed by atoms with E-state index in [0.29, 0.717) is 5.52 Å². The molecule has 1 amide bonds. The Hall–Kier alpha value is -2.91. The van der Waals surface area contributed by atoms with E-state index >= 15 is 0 Å². The highest BCUT2D eigenvalue weighted by atomic mass is 32.2. The van der Waals surface area contributed by atoms with Crippen molar-refractivity contribution in [3.05, 3.63) is 64.6 Å². The molecule has 9 heteroatoms. The highest BCUT2D eigenvalue weighted by Crippen LogP contribution is 2.19. The SMILES string of the molecule is CC[C@H](C)NC(=O)[C@@H](Cc1ccccc1)NS(=O)(=O)c1ccc2c(c1)oc(=O)n2C. The molecule has 0 spiro atoms. The highest BCUT2D eigenvalue weighted by molar-refractivity contribution is 7.89. The van der Waals surface area contributed by atoms with Crippen LogP contribution in [-0.4, -0.2) is 31.0 Å². The van der Waals surface area contributed by atoms with Gasteiger partial charge in [0.1, 0.15) is 6.04 Å². The van der Waals surface area contributed by atoms with Crippen molar-refractivity contribution >= 4 is 27.0 Å². The van der Waals surface area contributed by atoms with E-state index in [4.69, 9.17) is 4.42 Å². The van der Waals surface area contributed by atoms with Crippen LogP contribution in [0.1, 0.15) is 25.8 Å². The number of nitrogens with one attached hydrogen (secondary N) is 2. The van der Waals surface area contributed by atoms with Gasteiger partial charge in [-0.3, -0.25) is 9.36 Å². The lowest BCUT2D eigenvalue weighted by Crippen LogP contribution is -2.50. The van der Waals surface area contributed by atoms with Gasteiger partial charge < -0.3 is 9.73 Å². The molecule has 0 aliphatic heterocycles. The smallest absolute Gasteiger partial charge is 0.408 e. The molecule has 1 heterocycles. The normalized spacial score (nSPS) is 13.8. The largest absolute Gasteiger partial charge is 0.419 e. The first-order valence-corrected chi connectivity index (χ1v) is 11.2. The van der Waals surface area contributed by atoms with Crippen LogP contribution in [0.3, 0.4) is 0 Å². The molecule has 0 aliphatic rings. The fraction of sp³-hybridized carbons (Fsp3) is 0.333. The fourth-order valence-corrected chi connectivity index (χ4v) is 4.23. The van der Waals surface area contributed by atoms with E-state index in [1.54, 1.807) is 0 Å². The minimum absolute atomic E-state index is 0.0845. The number of carbonyl (C=O) groups excluding carboxylic acids is 1. The van der Waals surface area contributed by atoms with Crippen molar-refractivity contribution in [1.29, 1.82) is 0 Å². The minimum Gasteiger partial charge on any atom is -0.408 e. The molecule has 0 radical (unpaired) electrons. The van der Waals surface area contributed by atoms with Gasteiger partial charge in [0.15, 0.2) is 5.58 Å². The molecule has 8 nitrogen and oxygen atoms in total. The number of rotatable bonds is 8. The molecule has 2 aromatic carbocycles. The highest BCUT2D eigenvalue weighted by Gasteiger charge is 2.27. The van der Waals surface area contributed by atoms with E-state index < -0.39 is 27.7 Å². The van der Waals surface area contributed by atoms with Gasteiger partial charge in [-0.05, 0) is 37.5 Å². The molecule has 3 aromatic rings. The Kier molecular flexibility index (Phi) is 6.42. The number of amides is 1. The Morgan fingerprint density at radius 1 is 1.17 bits per heavy atom. The molecule has 0 unspecified atom stereocenters. The molecule has 0 saturated heterocycles. The van der Waals surface area contributed by atoms with Gasteiger partial charge in [0.2, 0.25) is 15.9 Å². The second-order valence-corrected chi connectivity index (χ2v) is 8.95. The number of carbonyl (C=O) groups is 1. The lowest BCUT2D eigenvalue weighted by molar-refractivity contribution is -0.123. The lowest BCUT2D eigenvalue weighted by atomic mass is 10.1. The number of oxazole rings is 1. The van der Waals surface area contributed by atoms with Crippen LogP contribution in [0.25, 0.3) is 11.1 Å². The lowest BCUT2D eigenvalue weighted by Gasteiger charge is -2.21. The predicted octanol–water partition coefficient (Wildman–Crippen LogP) is 1.94. The zero-order chi connectivity index (χ0) is 21.9. The molecule has 2 atom stereocenters. The molecule has 160 valence electrons. The summed E-state index contributed by atoms with van der Waals surface area (Å²) in [6.45, 7) is 3.79. The van der Waals surface area contributed by atoms with Gasteiger partial charge in [-0.25, -0.2) is 13.2 Å². The first kappa shape index (κ1) is 21.8. The average molecular weight is 432 g/mol. The van der Waals surface area contributed by atoms with Crippen LogP contribution in [-0.2, 0) is 28.3 Å². The van der Waals surface area contributed by atoms with Gasteiger partial charge in [0.05, 0.1) is 10.4 Å². The third kappa shape index (κ3) is 4.80. The van der Waals surface area contributed by atoms with Crippen molar-refractivity contribution < 1.29 is 17.6 Å². The fourth-order valence-electron chi connectivity index (χ4n) is 3.02. The van der Waals surface area contributed by atoms with Crippen molar-refractivity contribution in [1.82, 2.24) is 14.6 Å². The van der Waals surface area contributed by atoms with Crippen LogP contribution < -0.4 is 15.8 Å². The molecule has 0 bridgehead atoms. The van der Waals surface area contributed by atoms with Crippen LogP contribution >= 0.6 is 0 Å². The second kappa shape index (κ2) is 8.85. The summed E-state index contributed by atoms with van der Waals surface area (Å²) in [5.74, 6) is -0.980. The Morgan fingerprint density at radius 3 is 2.53 bits per heavy atom. The summed E-state index contributed by atoms with van der Waals surface area (Å²) >= 11 is 0. The zero-order valence-electron chi connectivity index (χ0n) is 17.1. The Labute approximate surface area is 174 Å². The maximum absolute atomic E-state index is 13.0. The summed E-state index contributed by atoms with van der Waals surface area (Å²) in [4.78, 5) is 24.4. The number of fused-ring (bicyclic) bond motifs is 1. The van der Waals surface area contributed by atoms with Crippen LogP contribution in [0, 0.1) is 0 Å². The zero-order valence-corrected chi connectivity index (χ0v) is 17.9. The predicted molar refractivity (Wildman–Crippen MR) is 114 cm³/mol. The summed E-state index contributed by atoms with van der Waals surface area (Å²) in [5.41, 5.74) is 1.47. The molecule has 3 rings (SSSR count). The van der Waals surface area contributed by atoms with Crippen LogP contribution in [0.2, 0.25) is 0 Å². The number of aryl methyl sites for hydroxylation is 1. The van der Waals surface area contributed by atoms with Gasteiger partial charge in [0.25, 0.3) is 0 Å². The van der Waals surface area contributed by atoms with Crippen molar-refractivity contribution in [2.75, 3.05) is 0 Å². The summed E-state index contributed by atoms with van der Waals surface area (Å²) in [5, 5.41) is 2.84. The van der Waals surface area contributed by atoms with E-state index in [0.717, 1.165) is 12.0 Å². The quantitative estimate of drug-likeness (QED) is 0.566. The summed E-state index contributed by atoms with van der Waals surface area (Å²) in [6, 6.07) is 12.3. The maximum Gasteiger partial charge on any atom is 0.419 e. The summed E-state index contributed by atoms with van der Waals surface area (Å²) in [7, 11) is -2.51. The van der Waals surface area contributed by atoms with E-state index in [1.807, 2.05) is 44.2 Å². The topological polar surface area (TPSA) is 110 Å². The monoisotopic (exact) mass is 431 g/mol. The first-order chi connectivity index (χ1) is 14.2. The molecule has 1 aromatic heterocycles. The van der Waals surface area contributed by atoms with E-state index in [-0.39, 0.29) is 22.9 Å². The van der Waals surface area contributed by atoms with Crippen molar-refractivity contribution in [3.8, 4) is 0 Å². The Morgan fingerprint density at radius 2 is 1.87 bits per heavy atom. The van der Waals surface area contributed by atoms with Gasteiger partial charge in [0, 0.05) is 19.2 Å². The number of sulfonamides is 1. The first-order valence-electron chi connectivity index (χ1n) is 9.67. The van der Waals surface area contributed by atoms with Crippen molar-refractivity contribution in [2.45, 2.75) is 43.7 Å². The molecule has 0 saturated carbocycles. The second-order valence-electron chi connectivity index (χ2n) is 7.24. The van der Waals surface area contributed by atoms with Crippen LogP contribution in [0.15, 0.2) is 62.6 Å². The van der Waals surface area contributed by atoms with Gasteiger partial charge in [-0.2, -0.15) is 4.72 Å². The number of benzene rings is 2. The van der Waals surface area contributed by atoms with Gasteiger partial charge >= 0.3 is 5.76 Å². The number of hydrogen-bond donors (Lipinski definition) is 2. The third-order valence-electron chi connectivity index (χ3n) is 4.97. The molecule has 0 aliphatic carbocycles. The Balaban J connectivity index is 1.91. The van der Waals surface area contributed by atoms with E-state index in [2.05, 4.69) is 10.0 Å². The number of hydrogen-bond acceptors (Lipinski definition) is 5. The molecule has 0 fully saturated rings. The molecular formula is C21H25N3O5S. The summed E-state index contributed by atoms with van der Waals surface area (Å²) in [6.07, 6.45) is 0.922. The summed E-state index contributed by atoms with van der Waals surface area (Å²) < 4.78 is 34.9. The van der Waals surface area contributed by atoms with Crippen LogP contribution in [0.5, 0.6) is 0 Å². The number of nitrogens with zero attached hydrogens (tertiary/aromatic N) is 1. The average Bonchev–Trinajstić information content (AvgIpc) is 3.01. The standard InChI is InChI=1S/C21H25N3O5S/c1-4-14(2)22-20(25)17(12-15-8-6-5-7-9-15)23-30(27,28)16-10-11-18-19(13-16)29-21(26)24(18)3/h5-11,13-14,17,23H,4,12H2,1-3H3,(H,22,25)/t14-,17+/m0/s1. The van der Waals surface area contributed by atoms with Crippen LogP contribution in [0.4, 0.5) is 0 Å². The van der Waals surface area contributed by atoms with E-state index in [9.17, 15) is 18.0 Å². The van der Waals surface area contributed by atoms with Crippen molar-refractivity contribution in [3.63, 3.8) is 0 Å². The third-order valence-corrected chi connectivity index (χ3v) is 6.44.